The lowest BCUT2D eigenvalue weighted by atomic mass is 9.95. The lowest BCUT2D eigenvalue weighted by Gasteiger charge is -2.20. The molecule has 1 aromatic heterocycles. The third-order valence-corrected chi connectivity index (χ3v) is 7.43. The summed E-state index contributed by atoms with van der Waals surface area (Å²) in [5.74, 6) is -0.369. The van der Waals surface area contributed by atoms with Crippen LogP contribution in [0.15, 0.2) is 53.7 Å². The molecule has 0 spiro atoms. The van der Waals surface area contributed by atoms with Gasteiger partial charge >= 0.3 is 0 Å². The summed E-state index contributed by atoms with van der Waals surface area (Å²) < 4.78 is 29.4. The molecule has 2 aromatic carbocycles. The van der Waals surface area contributed by atoms with Crippen LogP contribution in [0, 0.1) is 34.6 Å². The SMILES string of the molecule is Cc1c(C)c(C)c(S(=O)(=O)Nc2ccccc2C(=O)NCc2cccnc2)c(C)c1C. The minimum absolute atomic E-state index is 0.237. The first kappa shape index (κ1) is 22.5. The maximum Gasteiger partial charge on any atom is 0.262 e. The molecule has 0 bridgehead atoms. The molecule has 0 saturated carbocycles. The summed E-state index contributed by atoms with van der Waals surface area (Å²) in [5, 5.41) is 2.82. The molecule has 162 valence electrons. The van der Waals surface area contributed by atoms with E-state index in [1.165, 1.54) is 0 Å². The van der Waals surface area contributed by atoms with Crippen molar-refractivity contribution in [2.75, 3.05) is 4.72 Å². The smallest absolute Gasteiger partial charge is 0.262 e. The van der Waals surface area contributed by atoms with Crippen LogP contribution in [0.4, 0.5) is 5.69 Å². The van der Waals surface area contributed by atoms with Gasteiger partial charge in [-0.2, -0.15) is 0 Å². The number of pyridine rings is 1. The maximum absolute atomic E-state index is 13.4. The number of para-hydroxylation sites is 1. The van der Waals surface area contributed by atoms with Crippen LogP contribution in [0.1, 0.15) is 43.7 Å². The number of hydrogen-bond acceptors (Lipinski definition) is 4. The molecule has 31 heavy (non-hydrogen) atoms. The zero-order chi connectivity index (χ0) is 22.8. The Balaban J connectivity index is 1.93. The maximum atomic E-state index is 13.4. The predicted molar refractivity (Wildman–Crippen MR) is 123 cm³/mol. The van der Waals surface area contributed by atoms with Gasteiger partial charge in [-0.25, -0.2) is 8.42 Å². The zero-order valence-electron chi connectivity index (χ0n) is 18.4. The highest BCUT2D eigenvalue weighted by Crippen LogP contribution is 2.31. The van der Waals surface area contributed by atoms with Crippen molar-refractivity contribution < 1.29 is 13.2 Å². The van der Waals surface area contributed by atoms with Crippen molar-refractivity contribution in [3.05, 3.63) is 87.7 Å². The summed E-state index contributed by atoms with van der Waals surface area (Å²) in [5.41, 5.74) is 5.76. The van der Waals surface area contributed by atoms with Crippen molar-refractivity contribution in [3.8, 4) is 0 Å². The van der Waals surface area contributed by atoms with Crippen LogP contribution < -0.4 is 10.0 Å². The summed E-state index contributed by atoms with van der Waals surface area (Å²) in [6.45, 7) is 9.77. The average molecular weight is 438 g/mol. The quantitative estimate of drug-likeness (QED) is 0.600. The second-order valence-electron chi connectivity index (χ2n) is 7.65. The van der Waals surface area contributed by atoms with Gasteiger partial charge in [0.15, 0.2) is 0 Å². The van der Waals surface area contributed by atoms with E-state index in [1.54, 1.807) is 42.7 Å². The Morgan fingerprint density at radius 1 is 0.871 bits per heavy atom. The van der Waals surface area contributed by atoms with Crippen LogP contribution in [0.25, 0.3) is 0 Å². The minimum atomic E-state index is -3.90. The Labute approximate surface area is 183 Å². The van der Waals surface area contributed by atoms with Crippen molar-refractivity contribution in [1.82, 2.24) is 10.3 Å². The average Bonchev–Trinajstić information content (AvgIpc) is 2.75. The second-order valence-corrected chi connectivity index (χ2v) is 9.27. The first-order valence-corrected chi connectivity index (χ1v) is 11.5. The van der Waals surface area contributed by atoms with E-state index in [9.17, 15) is 13.2 Å². The highest BCUT2D eigenvalue weighted by Gasteiger charge is 2.25. The fourth-order valence-corrected chi connectivity index (χ4v) is 5.30. The lowest BCUT2D eigenvalue weighted by molar-refractivity contribution is 0.0952. The summed E-state index contributed by atoms with van der Waals surface area (Å²) >= 11 is 0. The molecule has 0 aliphatic carbocycles. The van der Waals surface area contributed by atoms with E-state index in [1.807, 2.05) is 40.7 Å². The molecule has 0 unspecified atom stereocenters. The first-order valence-electron chi connectivity index (χ1n) is 9.99. The molecule has 0 radical (unpaired) electrons. The minimum Gasteiger partial charge on any atom is -0.348 e. The Bertz CT molecular complexity index is 1210. The van der Waals surface area contributed by atoms with Gasteiger partial charge in [0.25, 0.3) is 15.9 Å². The van der Waals surface area contributed by atoms with Crippen molar-refractivity contribution in [2.24, 2.45) is 0 Å². The lowest BCUT2D eigenvalue weighted by Crippen LogP contribution is -2.25. The Morgan fingerprint density at radius 3 is 2.10 bits per heavy atom. The van der Waals surface area contributed by atoms with Gasteiger partial charge in [0, 0.05) is 18.9 Å². The molecule has 6 nitrogen and oxygen atoms in total. The van der Waals surface area contributed by atoms with E-state index in [2.05, 4.69) is 15.0 Å². The Hall–Kier alpha value is -3.19. The van der Waals surface area contributed by atoms with Crippen molar-refractivity contribution in [2.45, 2.75) is 46.1 Å². The van der Waals surface area contributed by atoms with Crippen molar-refractivity contribution in [3.63, 3.8) is 0 Å². The summed E-state index contributed by atoms with van der Waals surface area (Å²) in [7, 11) is -3.90. The van der Waals surface area contributed by atoms with Crippen molar-refractivity contribution >= 4 is 21.6 Å². The molecule has 0 aliphatic rings. The third-order valence-electron chi connectivity index (χ3n) is 5.79. The van der Waals surface area contributed by atoms with E-state index in [-0.39, 0.29) is 22.1 Å². The number of amides is 1. The normalized spacial score (nSPS) is 11.3. The van der Waals surface area contributed by atoms with Gasteiger partial charge in [-0.05, 0) is 86.2 Å². The van der Waals surface area contributed by atoms with Gasteiger partial charge in [0.2, 0.25) is 0 Å². The molecule has 1 amide bonds. The number of anilines is 1. The molecule has 3 rings (SSSR count). The summed E-state index contributed by atoms with van der Waals surface area (Å²) in [6.07, 6.45) is 3.33. The summed E-state index contributed by atoms with van der Waals surface area (Å²) in [6, 6.07) is 10.2. The second kappa shape index (κ2) is 8.89. The monoisotopic (exact) mass is 437 g/mol. The number of rotatable bonds is 6. The zero-order valence-corrected chi connectivity index (χ0v) is 19.2. The number of nitrogens with one attached hydrogen (secondary N) is 2. The van der Waals surface area contributed by atoms with E-state index >= 15 is 0 Å². The van der Waals surface area contributed by atoms with E-state index in [0.717, 1.165) is 22.3 Å². The van der Waals surface area contributed by atoms with Crippen LogP contribution in [0.5, 0.6) is 0 Å². The third kappa shape index (κ3) is 4.61. The molecule has 3 aromatic rings. The molecule has 0 atom stereocenters. The number of sulfonamides is 1. The van der Waals surface area contributed by atoms with Gasteiger partial charge in [0.05, 0.1) is 16.1 Å². The number of aromatic nitrogens is 1. The fourth-order valence-electron chi connectivity index (χ4n) is 3.61. The Morgan fingerprint density at radius 2 is 1.48 bits per heavy atom. The van der Waals surface area contributed by atoms with Crippen LogP contribution in [0.3, 0.4) is 0 Å². The molecular weight excluding hydrogens is 410 g/mol. The van der Waals surface area contributed by atoms with E-state index in [4.69, 9.17) is 0 Å². The topological polar surface area (TPSA) is 88.2 Å². The number of benzene rings is 2. The standard InChI is InChI=1S/C24H27N3O3S/c1-15-16(2)18(4)23(19(5)17(15)3)31(29,30)27-22-11-7-6-10-21(22)24(28)26-14-20-9-8-12-25-13-20/h6-13,27H,14H2,1-5H3,(H,26,28). The van der Waals surface area contributed by atoms with Gasteiger partial charge < -0.3 is 5.32 Å². The van der Waals surface area contributed by atoms with Crippen molar-refractivity contribution in [1.29, 1.82) is 0 Å². The predicted octanol–water partition coefficient (Wildman–Crippen LogP) is 4.35. The van der Waals surface area contributed by atoms with Crippen LogP contribution >= 0.6 is 0 Å². The highest BCUT2D eigenvalue weighted by molar-refractivity contribution is 7.92. The van der Waals surface area contributed by atoms with Gasteiger partial charge in [-0.15, -0.1) is 0 Å². The number of hydrogen-bond donors (Lipinski definition) is 2. The number of carbonyl (C=O) groups is 1. The largest absolute Gasteiger partial charge is 0.348 e. The fraction of sp³-hybridized carbons (Fsp3) is 0.250. The molecule has 1 heterocycles. The summed E-state index contributed by atoms with van der Waals surface area (Å²) in [4.78, 5) is 17.1. The van der Waals surface area contributed by atoms with E-state index in [0.29, 0.717) is 17.7 Å². The molecule has 7 heteroatoms. The van der Waals surface area contributed by atoms with Gasteiger partial charge in [-0.3, -0.25) is 14.5 Å². The van der Waals surface area contributed by atoms with E-state index < -0.39 is 10.0 Å². The van der Waals surface area contributed by atoms with Crippen LogP contribution in [-0.2, 0) is 16.6 Å². The number of nitrogens with zero attached hydrogens (tertiary/aromatic N) is 1. The van der Waals surface area contributed by atoms with Gasteiger partial charge in [0.1, 0.15) is 0 Å². The Kier molecular flexibility index (Phi) is 6.45. The molecule has 0 fully saturated rings. The highest BCUT2D eigenvalue weighted by atomic mass is 32.2. The van der Waals surface area contributed by atoms with Crippen LogP contribution in [0.2, 0.25) is 0 Å². The molecule has 0 aliphatic heterocycles. The number of carbonyl (C=O) groups excluding carboxylic acids is 1. The van der Waals surface area contributed by atoms with Gasteiger partial charge in [-0.1, -0.05) is 18.2 Å². The molecule has 0 saturated heterocycles. The molecular formula is C24H27N3O3S. The first-order chi connectivity index (χ1) is 14.6. The molecule has 2 N–H and O–H groups in total. The van der Waals surface area contributed by atoms with Crippen LogP contribution in [-0.4, -0.2) is 19.3 Å².